The molecule has 1 amide bonds. The van der Waals surface area contributed by atoms with E-state index in [-0.39, 0.29) is 18.6 Å². The molecule has 1 heterocycles. The largest absolute Gasteiger partial charge is 0.481 e. The van der Waals surface area contributed by atoms with Crippen molar-refractivity contribution >= 4 is 22.8 Å². The lowest BCUT2D eigenvalue weighted by Gasteiger charge is -2.15. The van der Waals surface area contributed by atoms with Gasteiger partial charge in [-0.05, 0) is 44.4 Å². The van der Waals surface area contributed by atoms with Gasteiger partial charge >= 0.3 is 11.6 Å². The van der Waals surface area contributed by atoms with Gasteiger partial charge in [-0.25, -0.2) is 4.79 Å². The third kappa shape index (κ3) is 6.34. The molecule has 2 N–H and O–H groups in total. The van der Waals surface area contributed by atoms with E-state index in [4.69, 9.17) is 14.3 Å². The highest BCUT2D eigenvalue weighted by atomic mass is 16.5. The van der Waals surface area contributed by atoms with E-state index in [2.05, 4.69) is 12.2 Å². The zero-order valence-corrected chi connectivity index (χ0v) is 17.2. The van der Waals surface area contributed by atoms with Gasteiger partial charge in [-0.3, -0.25) is 9.59 Å². The second kappa shape index (κ2) is 10.6. The number of hydrogen-bond donors (Lipinski definition) is 2. The fourth-order valence-corrected chi connectivity index (χ4v) is 3.16. The van der Waals surface area contributed by atoms with Crippen molar-refractivity contribution in [2.75, 3.05) is 6.54 Å². The smallest absolute Gasteiger partial charge is 0.339 e. The number of aryl methyl sites for hydroxylation is 1. The molecule has 0 aliphatic heterocycles. The number of nitrogens with one attached hydrogen (secondary N) is 1. The number of rotatable bonds is 11. The van der Waals surface area contributed by atoms with Crippen LogP contribution in [0.2, 0.25) is 0 Å². The van der Waals surface area contributed by atoms with Gasteiger partial charge in [-0.1, -0.05) is 26.2 Å². The highest BCUT2D eigenvalue weighted by Gasteiger charge is 2.16. The zero-order valence-electron chi connectivity index (χ0n) is 17.2. The van der Waals surface area contributed by atoms with Crippen molar-refractivity contribution in [2.45, 2.75) is 65.4 Å². The summed E-state index contributed by atoms with van der Waals surface area (Å²) in [6.07, 6.45) is 4.08. The minimum Gasteiger partial charge on any atom is -0.481 e. The molecule has 0 unspecified atom stereocenters. The van der Waals surface area contributed by atoms with Gasteiger partial charge in [0.2, 0.25) is 0 Å². The monoisotopic (exact) mass is 403 g/mol. The van der Waals surface area contributed by atoms with Crippen LogP contribution in [0.5, 0.6) is 5.75 Å². The van der Waals surface area contributed by atoms with Crippen LogP contribution in [0.3, 0.4) is 0 Å². The minimum atomic E-state index is -0.983. The fraction of sp³-hybridized carbons (Fsp3) is 0.500. The Morgan fingerprint density at radius 3 is 2.69 bits per heavy atom. The van der Waals surface area contributed by atoms with Crippen LogP contribution in [-0.2, 0) is 16.0 Å². The Hall–Kier alpha value is -2.83. The SMILES string of the molecule is CCCCCCc1c(C)c2ccc(O[C@H](C)C(=O)NCCC(=O)O)cc2oc1=O. The second-order valence-corrected chi connectivity index (χ2v) is 7.16. The summed E-state index contributed by atoms with van der Waals surface area (Å²) in [5.74, 6) is -0.994. The quantitative estimate of drug-likeness (QED) is 0.439. The Kier molecular flexibility index (Phi) is 8.24. The van der Waals surface area contributed by atoms with Crippen LogP contribution in [0, 0.1) is 6.92 Å². The van der Waals surface area contributed by atoms with Gasteiger partial charge in [0, 0.05) is 23.6 Å². The molecule has 0 spiro atoms. The molecule has 1 aromatic carbocycles. The number of carbonyl (C=O) groups is 2. The van der Waals surface area contributed by atoms with Gasteiger partial charge in [0.15, 0.2) is 6.10 Å². The Bertz CT molecular complexity index is 917. The number of hydrogen-bond acceptors (Lipinski definition) is 5. The molecule has 0 radical (unpaired) electrons. The number of benzene rings is 1. The number of ether oxygens (including phenoxy) is 1. The molecule has 158 valence electrons. The molecule has 0 aliphatic rings. The molecular weight excluding hydrogens is 374 g/mol. The van der Waals surface area contributed by atoms with Gasteiger partial charge in [-0.2, -0.15) is 0 Å². The summed E-state index contributed by atoms with van der Waals surface area (Å²) in [5, 5.41) is 12.0. The first-order valence-electron chi connectivity index (χ1n) is 10.1. The summed E-state index contributed by atoms with van der Waals surface area (Å²) in [4.78, 5) is 34.9. The van der Waals surface area contributed by atoms with Gasteiger partial charge in [0.1, 0.15) is 11.3 Å². The summed E-state index contributed by atoms with van der Waals surface area (Å²) in [7, 11) is 0. The van der Waals surface area contributed by atoms with Crippen LogP contribution < -0.4 is 15.7 Å². The molecule has 2 rings (SSSR count). The molecule has 1 aromatic heterocycles. The fourth-order valence-electron chi connectivity index (χ4n) is 3.16. The molecular formula is C22H29NO6. The van der Waals surface area contributed by atoms with Crippen LogP contribution in [0.4, 0.5) is 0 Å². The van der Waals surface area contributed by atoms with E-state index in [1.165, 1.54) is 0 Å². The zero-order chi connectivity index (χ0) is 21.4. The summed E-state index contributed by atoms with van der Waals surface area (Å²) >= 11 is 0. The number of carboxylic acids is 1. The number of amides is 1. The average Bonchev–Trinajstić information content (AvgIpc) is 2.66. The van der Waals surface area contributed by atoms with E-state index < -0.39 is 18.0 Å². The molecule has 7 heteroatoms. The number of carboxylic acid groups (broad SMARTS) is 1. The Morgan fingerprint density at radius 2 is 2.00 bits per heavy atom. The first kappa shape index (κ1) is 22.5. The first-order valence-corrected chi connectivity index (χ1v) is 10.1. The van der Waals surface area contributed by atoms with Crippen molar-refractivity contribution in [1.82, 2.24) is 5.32 Å². The van der Waals surface area contributed by atoms with Crippen molar-refractivity contribution in [3.05, 3.63) is 39.7 Å². The highest BCUT2D eigenvalue weighted by molar-refractivity contribution is 5.83. The maximum atomic E-state index is 12.4. The third-order valence-corrected chi connectivity index (χ3v) is 4.86. The Labute approximate surface area is 170 Å². The molecule has 0 fully saturated rings. The molecule has 0 saturated carbocycles. The molecule has 0 bridgehead atoms. The lowest BCUT2D eigenvalue weighted by Crippen LogP contribution is -2.37. The number of unbranched alkanes of at least 4 members (excludes halogenated alkanes) is 3. The molecule has 0 saturated heterocycles. The standard InChI is InChI=1S/C22H29NO6/c1-4-5-6-7-8-18-14(2)17-10-9-16(13-19(17)29-22(18)27)28-15(3)21(26)23-12-11-20(24)25/h9-10,13,15H,4-8,11-12H2,1-3H3,(H,23,26)(H,24,25)/t15-/m1/s1. The van der Waals surface area contributed by atoms with E-state index in [1.54, 1.807) is 19.1 Å². The Morgan fingerprint density at radius 1 is 1.24 bits per heavy atom. The van der Waals surface area contributed by atoms with Gasteiger partial charge in [-0.15, -0.1) is 0 Å². The van der Waals surface area contributed by atoms with Crippen LogP contribution >= 0.6 is 0 Å². The molecule has 7 nitrogen and oxygen atoms in total. The predicted octanol–water partition coefficient (Wildman–Crippen LogP) is 3.58. The van der Waals surface area contributed by atoms with Crippen molar-refractivity contribution < 1.29 is 23.8 Å². The lowest BCUT2D eigenvalue weighted by atomic mass is 10.0. The van der Waals surface area contributed by atoms with Crippen LogP contribution in [0.15, 0.2) is 27.4 Å². The molecule has 0 aliphatic carbocycles. The first-order chi connectivity index (χ1) is 13.8. The van der Waals surface area contributed by atoms with Gasteiger partial charge in [0.05, 0.1) is 6.42 Å². The second-order valence-electron chi connectivity index (χ2n) is 7.16. The van der Waals surface area contributed by atoms with Crippen LogP contribution in [0.25, 0.3) is 11.0 Å². The third-order valence-electron chi connectivity index (χ3n) is 4.86. The maximum absolute atomic E-state index is 12.4. The van der Waals surface area contributed by atoms with Crippen LogP contribution in [-0.4, -0.2) is 29.6 Å². The van der Waals surface area contributed by atoms with Crippen LogP contribution in [0.1, 0.15) is 57.1 Å². The average molecular weight is 403 g/mol. The summed E-state index contributed by atoms with van der Waals surface area (Å²) in [6, 6.07) is 5.16. The minimum absolute atomic E-state index is 0.0364. The summed E-state index contributed by atoms with van der Waals surface area (Å²) < 4.78 is 11.1. The number of carbonyl (C=O) groups excluding carboxylic acids is 1. The van der Waals surface area contributed by atoms with E-state index in [0.29, 0.717) is 23.3 Å². The topological polar surface area (TPSA) is 106 Å². The van der Waals surface area contributed by atoms with E-state index in [9.17, 15) is 14.4 Å². The van der Waals surface area contributed by atoms with Crippen molar-refractivity contribution in [2.24, 2.45) is 0 Å². The molecule has 2 aromatic rings. The van der Waals surface area contributed by atoms with Gasteiger partial charge in [0.25, 0.3) is 5.91 Å². The van der Waals surface area contributed by atoms with E-state index in [1.807, 2.05) is 13.0 Å². The molecule has 29 heavy (non-hydrogen) atoms. The van der Waals surface area contributed by atoms with E-state index in [0.717, 1.165) is 36.6 Å². The normalized spacial score (nSPS) is 12.0. The maximum Gasteiger partial charge on any atom is 0.339 e. The highest BCUT2D eigenvalue weighted by Crippen LogP contribution is 2.25. The number of fused-ring (bicyclic) bond motifs is 1. The molecule has 1 atom stereocenters. The van der Waals surface area contributed by atoms with Crippen molar-refractivity contribution in [3.63, 3.8) is 0 Å². The predicted molar refractivity (Wildman–Crippen MR) is 110 cm³/mol. The summed E-state index contributed by atoms with van der Waals surface area (Å²) in [6.45, 7) is 5.68. The summed E-state index contributed by atoms with van der Waals surface area (Å²) in [5.41, 5.74) is 1.72. The van der Waals surface area contributed by atoms with Crippen molar-refractivity contribution in [1.29, 1.82) is 0 Å². The van der Waals surface area contributed by atoms with E-state index >= 15 is 0 Å². The lowest BCUT2D eigenvalue weighted by molar-refractivity contribution is -0.137. The number of aliphatic carboxylic acids is 1. The van der Waals surface area contributed by atoms with Crippen molar-refractivity contribution in [3.8, 4) is 5.75 Å². The Balaban J connectivity index is 2.10. The van der Waals surface area contributed by atoms with Gasteiger partial charge < -0.3 is 19.6 Å².